The average Bonchev–Trinajstić information content (AvgIpc) is 2.74. The van der Waals surface area contributed by atoms with Gasteiger partial charge in [-0.2, -0.15) is 0 Å². The van der Waals surface area contributed by atoms with Crippen LogP contribution in [0, 0.1) is 5.82 Å². The molecule has 0 aliphatic carbocycles. The number of ether oxygens (including phenoxy) is 2. The van der Waals surface area contributed by atoms with Crippen LogP contribution < -0.4 is 20.1 Å². The average molecular weight is 473 g/mol. The molecule has 0 aromatic heterocycles. The second-order valence-electron chi connectivity index (χ2n) is 6.13. The van der Waals surface area contributed by atoms with Gasteiger partial charge in [-0.25, -0.2) is 4.39 Å². The first-order chi connectivity index (χ1) is 14.5. The van der Waals surface area contributed by atoms with Crippen molar-refractivity contribution in [3.8, 4) is 11.5 Å². The molecule has 6 nitrogen and oxygen atoms in total. The van der Waals surface area contributed by atoms with Crippen LogP contribution in [0.15, 0.2) is 77.3 Å². The first kappa shape index (κ1) is 21.3. The quantitative estimate of drug-likeness (QED) is 0.501. The van der Waals surface area contributed by atoms with Crippen molar-refractivity contribution in [2.24, 2.45) is 0 Å². The van der Waals surface area contributed by atoms with E-state index in [-0.39, 0.29) is 24.9 Å². The zero-order chi connectivity index (χ0) is 21.3. The summed E-state index contributed by atoms with van der Waals surface area (Å²) in [7, 11) is 0. The number of carbonyl (C=O) groups is 2. The summed E-state index contributed by atoms with van der Waals surface area (Å²) in [4.78, 5) is 24.4. The van der Waals surface area contributed by atoms with E-state index < -0.39 is 5.91 Å². The van der Waals surface area contributed by atoms with Crippen molar-refractivity contribution in [3.05, 3.63) is 83.1 Å². The Morgan fingerprint density at radius 1 is 0.733 bits per heavy atom. The van der Waals surface area contributed by atoms with E-state index in [1.807, 2.05) is 12.1 Å². The maximum Gasteiger partial charge on any atom is 0.262 e. The van der Waals surface area contributed by atoms with Gasteiger partial charge in [0.05, 0.1) is 11.4 Å². The van der Waals surface area contributed by atoms with Gasteiger partial charge in [-0.1, -0.05) is 28.1 Å². The highest BCUT2D eigenvalue weighted by Gasteiger charge is 2.11. The van der Waals surface area contributed by atoms with Gasteiger partial charge in [0.1, 0.15) is 17.3 Å². The molecule has 154 valence electrons. The van der Waals surface area contributed by atoms with Crippen LogP contribution in [0.3, 0.4) is 0 Å². The van der Waals surface area contributed by atoms with Crippen LogP contribution in [-0.4, -0.2) is 25.0 Å². The zero-order valence-electron chi connectivity index (χ0n) is 15.7. The lowest BCUT2D eigenvalue weighted by molar-refractivity contribution is -0.119. The van der Waals surface area contributed by atoms with E-state index in [1.165, 1.54) is 24.3 Å². The molecule has 8 heteroatoms. The number of rotatable bonds is 8. The molecule has 2 N–H and O–H groups in total. The molecule has 0 saturated carbocycles. The van der Waals surface area contributed by atoms with Crippen molar-refractivity contribution in [2.45, 2.75) is 0 Å². The summed E-state index contributed by atoms with van der Waals surface area (Å²) >= 11 is 3.33. The van der Waals surface area contributed by atoms with Gasteiger partial charge in [-0.15, -0.1) is 0 Å². The molecule has 0 aliphatic heterocycles. The first-order valence-electron chi connectivity index (χ1n) is 8.95. The number of anilines is 2. The normalized spacial score (nSPS) is 10.2. The van der Waals surface area contributed by atoms with Crippen molar-refractivity contribution in [1.82, 2.24) is 0 Å². The highest BCUT2D eigenvalue weighted by atomic mass is 79.9. The van der Waals surface area contributed by atoms with E-state index in [9.17, 15) is 14.0 Å². The Hall–Kier alpha value is -3.39. The van der Waals surface area contributed by atoms with Crippen LogP contribution in [0.5, 0.6) is 11.5 Å². The maximum atomic E-state index is 12.9. The molecular weight excluding hydrogens is 455 g/mol. The summed E-state index contributed by atoms with van der Waals surface area (Å²) in [6.07, 6.45) is 0. The van der Waals surface area contributed by atoms with Crippen molar-refractivity contribution < 1.29 is 23.5 Å². The zero-order valence-corrected chi connectivity index (χ0v) is 17.3. The molecule has 0 radical (unpaired) electrons. The van der Waals surface area contributed by atoms with E-state index in [4.69, 9.17) is 9.47 Å². The summed E-state index contributed by atoms with van der Waals surface area (Å²) < 4.78 is 24.6. The highest BCUT2D eigenvalue weighted by molar-refractivity contribution is 9.10. The number of halogens is 2. The molecule has 3 aromatic rings. The molecule has 0 spiro atoms. The molecule has 0 bridgehead atoms. The fourth-order valence-corrected chi connectivity index (χ4v) is 2.70. The summed E-state index contributed by atoms with van der Waals surface area (Å²) in [6, 6.07) is 19.2. The molecule has 3 rings (SSSR count). The fraction of sp³-hybridized carbons (Fsp3) is 0.0909. The summed E-state index contributed by atoms with van der Waals surface area (Å²) in [5.74, 6) is -0.249. The molecule has 0 unspecified atom stereocenters. The molecule has 0 fully saturated rings. The lowest BCUT2D eigenvalue weighted by Gasteiger charge is -2.13. The van der Waals surface area contributed by atoms with Crippen LogP contribution in [0.2, 0.25) is 0 Å². The Balaban J connectivity index is 1.52. The van der Waals surface area contributed by atoms with Crippen molar-refractivity contribution in [3.63, 3.8) is 0 Å². The number of para-hydroxylation sites is 2. The number of carbonyl (C=O) groups excluding carboxylic acids is 2. The molecule has 30 heavy (non-hydrogen) atoms. The smallest absolute Gasteiger partial charge is 0.262 e. The third kappa shape index (κ3) is 6.59. The van der Waals surface area contributed by atoms with Gasteiger partial charge in [0, 0.05) is 4.47 Å². The van der Waals surface area contributed by atoms with Crippen molar-refractivity contribution >= 4 is 39.1 Å². The Kier molecular flexibility index (Phi) is 7.40. The van der Waals surface area contributed by atoms with E-state index >= 15 is 0 Å². The number of amides is 2. The Morgan fingerprint density at radius 2 is 1.17 bits per heavy atom. The SMILES string of the molecule is O=C(COc1ccc(F)cc1)Nc1ccccc1NC(=O)COc1ccc(Br)cc1. The number of hydrogen-bond donors (Lipinski definition) is 2. The molecule has 0 heterocycles. The highest BCUT2D eigenvalue weighted by Crippen LogP contribution is 2.21. The third-order valence-electron chi connectivity index (χ3n) is 3.84. The molecule has 0 saturated heterocycles. The van der Waals surface area contributed by atoms with Gasteiger partial charge in [0.15, 0.2) is 13.2 Å². The first-order valence-corrected chi connectivity index (χ1v) is 9.74. The van der Waals surface area contributed by atoms with Crippen LogP contribution in [0.4, 0.5) is 15.8 Å². The maximum absolute atomic E-state index is 12.9. The lowest BCUT2D eigenvalue weighted by atomic mass is 10.2. The second kappa shape index (κ2) is 10.4. The molecule has 0 aliphatic rings. The number of hydrogen-bond acceptors (Lipinski definition) is 4. The Labute approximate surface area is 181 Å². The minimum Gasteiger partial charge on any atom is -0.484 e. The van der Waals surface area contributed by atoms with Gasteiger partial charge >= 0.3 is 0 Å². The van der Waals surface area contributed by atoms with Crippen LogP contribution in [-0.2, 0) is 9.59 Å². The summed E-state index contributed by atoms with van der Waals surface area (Å²) in [6.45, 7) is -0.446. The molecule has 0 atom stereocenters. The van der Waals surface area contributed by atoms with E-state index in [2.05, 4.69) is 26.6 Å². The topological polar surface area (TPSA) is 76.7 Å². The summed E-state index contributed by atoms with van der Waals surface area (Å²) in [5.41, 5.74) is 0.847. The van der Waals surface area contributed by atoms with Crippen molar-refractivity contribution in [1.29, 1.82) is 0 Å². The molecule has 3 aromatic carbocycles. The minimum atomic E-state index is -0.424. The standard InChI is InChI=1S/C22H18BrFN2O4/c23-15-5-9-17(10-6-15)29-13-21(27)25-19-3-1-2-4-20(19)26-22(28)14-30-18-11-7-16(24)8-12-18/h1-12H,13-14H2,(H,25,27)(H,26,28). The largest absolute Gasteiger partial charge is 0.484 e. The Morgan fingerprint density at radius 3 is 1.63 bits per heavy atom. The van der Waals surface area contributed by atoms with E-state index in [0.29, 0.717) is 22.9 Å². The molecular formula is C22H18BrFN2O4. The molecule has 2 amide bonds. The van der Waals surface area contributed by atoms with Gasteiger partial charge in [-0.05, 0) is 60.7 Å². The number of benzene rings is 3. The van der Waals surface area contributed by atoms with Crippen LogP contribution in [0.25, 0.3) is 0 Å². The van der Waals surface area contributed by atoms with Gasteiger partial charge < -0.3 is 20.1 Å². The van der Waals surface area contributed by atoms with E-state index in [1.54, 1.807) is 36.4 Å². The third-order valence-corrected chi connectivity index (χ3v) is 4.37. The number of nitrogens with one attached hydrogen (secondary N) is 2. The minimum absolute atomic E-state index is 0.183. The van der Waals surface area contributed by atoms with Gasteiger partial charge in [0.2, 0.25) is 0 Å². The lowest BCUT2D eigenvalue weighted by Crippen LogP contribution is -2.23. The van der Waals surface area contributed by atoms with Crippen LogP contribution in [0.1, 0.15) is 0 Å². The summed E-state index contributed by atoms with van der Waals surface area (Å²) in [5, 5.41) is 5.39. The van der Waals surface area contributed by atoms with Crippen LogP contribution >= 0.6 is 15.9 Å². The van der Waals surface area contributed by atoms with Crippen molar-refractivity contribution in [2.75, 3.05) is 23.8 Å². The van der Waals surface area contributed by atoms with Gasteiger partial charge in [-0.3, -0.25) is 9.59 Å². The van der Waals surface area contributed by atoms with E-state index in [0.717, 1.165) is 4.47 Å². The predicted molar refractivity (Wildman–Crippen MR) is 115 cm³/mol. The van der Waals surface area contributed by atoms with Gasteiger partial charge in [0.25, 0.3) is 11.8 Å². The predicted octanol–water partition coefficient (Wildman–Crippen LogP) is 4.62. The Bertz CT molecular complexity index is 928. The second-order valence-corrected chi connectivity index (χ2v) is 7.04. The monoisotopic (exact) mass is 472 g/mol. The fourth-order valence-electron chi connectivity index (χ4n) is 2.43.